The number of likely N-dealkylation sites (tertiary alicyclic amines) is 1. The van der Waals surface area contributed by atoms with Crippen molar-refractivity contribution in [3.05, 3.63) is 84.7 Å². The van der Waals surface area contributed by atoms with E-state index < -0.39 is 22.2 Å². The molecule has 0 radical (unpaired) electrons. The SMILES string of the molecule is COc1cc(C(=O)N2CC(OC(=O)Nc3ccccn3)C2)ccc1N(NN)S(=O)(=O)c1cccc2cccnc12. The van der Waals surface area contributed by atoms with E-state index in [4.69, 9.17) is 15.3 Å². The highest BCUT2D eigenvalue weighted by atomic mass is 32.2. The molecule has 2 aromatic heterocycles. The molecule has 3 heterocycles. The van der Waals surface area contributed by atoms with E-state index in [0.29, 0.717) is 11.2 Å². The van der Waals surface area contributed by atoms with Gasteiger partial charge in [-0.2, -0.15) is 18.4 Å². The summed E-state index contributed by atoms with van der Waals surface area (Å²) >= 11 is 0. The van der Waals surface area contributed by atoms with Crippen LogP contribution in [0.4, 0.5) is 16.3 Å². The second kappa shape index (κ2) is 11.1. The first kappa shape index (κ1) is 26.8. The summed E-state index contributed by atoms with van der Waals surface area (Å²) in [5.74, 6) is 5.77. The van der Waals surface area contributed by atoms with Gasteiger partial charge in [0.2, 0.25) is 0 Å². The van der Waals surface area contributed by atoms with Crippen molar-refractivity contribution in [3.8, 4) is 5.75 Å². The van der Waals surface area contributed by atoms with Crippen LogP contribution in [-0.2, 0) is 14.8 Å². The Bertz CT molecular complexity index is 1660. The predicted molar refractivity (Wildman–Crippen MR) is 146 cm³/mol. The number of carbonyl (C=O) groups excluding carboxylic acids is 2. The van der Waals surface area contributed by atoms with Gasteiger partial charge in [-0.25, -0.2) is 9.78 Å². The summed E-state index contributed by atoms with van der Waals surface area (Å²) in [6.45, 7) is 0.384. The number of carbonyl (C=O) groups is 2. The molecule has 206 valence electrons. The third kappa shape index (κ3) is 5.22. The molecule has 2 amide bonds. The monoisotopic (exact) mass is 563 g/mol. The number of para-hydroxylation sites is 1. The van der Waals surface area contributed by atoms with Crippen LogP contribution in [0, 0.1) is 0 Å². The zero-order valence-electron chi connectivity index (χ0n) is 21.2. The number of anilines is 2. The Morgan fingerprint density at radius 2 is 1.80 bits per heavy atom. The number of sulfonamides is 1. The lowest BCUT2D eigenvalue weighted by atomic mass is 10.1. The summed E-state index contributed by atoms with van der Waals surface area (Å²) in [5.41, 5.74) is 2.80. The molecular weight excluding hydrogens is 538 g/mol. The lowest BCUT2D eigenvalue weighted by Gasteiger charge is -2.38. The predicted octanol–water partition coefficient (Wildman–Crippen LogP) is 2.29. The summed E-state index contributed by atoms with van der Waals surface area (Å²) in [7, 11) is -2.90. The molecule has 4 N–H and O–H groups in total. The molecule has 0 atom stereocenters. The number of nitrogens with one attached hydrogen (secondary N) is 2. The number of rotatable bonds is 8. The maximum Gasteiger partial charge on any atom is 0.413 e. The summed E-state index contributed by atoms with van der Waals surface area (Å²) < 4.78 is 38.8. The van der Waals surface area contributed by atoms with Crippen LogP contribution in [0.2, 0.25) is 0 Å². The zero-order chi connectivity index (χ0) is 28.3. The summed E-state index contributed by atoms with van der Waals surface area (Å²) in [4.78, 5) is 34.8. The van der Waals surface area contributed by atoms with Crippen molar-refractivity contribution in [3.63, 3.8) is 0 Å². The van der Waals surface area contributed by atoms with Gasteiger partial charge in [0.25, 0.3) is 15.9 Å². The van der Waals surface area contributed by atoms with Gasteiger partial charge >= 0.3 is 6.09 Å². The minimum Gasteiger partial charge on any atom is -0.494 e. The molecule has 1 saturated heterocycles. The van der Waals surface area contributed by atoms with Gasteiger partial charge in [0.15, 0.2) is 0 Å². The molecule has 0 saturated carbocycles. The fourth-order valence-corrected chi connectivity index (χ4v) is 5.62. The van der Waals surface area contributed by atoms with E-state index in [0.717, 1.165) is 4.41 Å². The normalized spacial score (nSPS) is 13.4. The standard InChI is InChI=1S/C26H25N7O6S/c1-38-21-14-18(25(34)32-15-19(16-32)39-26(35)30-23-9-2-3-12-28-23)10-11-20(21)33(31-27)40(36,37)22-8-4-6-17-7-5-13-29-24(17)22/h2-14,19,31H,15-16,27H2,1H3,(H,28,30,35). The number of hydrazine groups is 2. The van der Waals surface area contributed by atoms with E-state index in [2.05, 4.69) is 20.8 Å². The topological polar surface area (TPSA) is 169 Å². The lowest BCUT2D eigenvalue weighted by Crippen LogP contribution is -2.55. The van der Waals surface area contributed by atoms with Gasteiger partial charge in [-0.05, 0) is 42.5 Å². The van der Waals surface area contributed by atoms with Crippen LogP contribution in [0.1, 0.15) is 10.4 Å². The summed E-state index contributed by atoms with van der Waals surface area (Å²) in [6, 6.07) is 17.6. The van der Waals surface area contributed by atoms with E-state index >= 15 is 0 Å². The number of methoxy groups -OCH3 is 1. The third-order valence-electron chi connectivity index (χ3n) is 6.18. The molecule has 13 nitrogen and oxygen atoms in total. The first-order valence-electron chi connectivity index (χ1n) is 12.0. The molecule has 0 aliphatic carbocycles. The summed E-state index contributed by atoms with van der Waals surface area (Å²) in [6.07, 6.45) is 1.89. The molecule has 1 aliphatic rings. The van der Waals surface area contributed by atoms with E-state index in [1.165, 1.54) is 48.7 Å². The van der Waals surface area contributed by atoms with Gasteiger partial charge in [0.05, 0.1) is 25.7 Å². The fraction of sp³-hybridized carbons (Fsp3) is 0.154. The Morgan fingerprint density at radius 3 is 2.52 bits per heavy atom. The second-order valence-electron chi connectivity index (χ2n) is 8.69. The molecule has 40 heavy (non-hydrogen) atoms. The Labute approximate surface area is 229 Å². The Hall–Kier alpha value is -4.79. The Kier molecular flexibility index (Phi) is 7.46. The number of nitrogens with two attached hydrogens (primary N) is 1. The van der Waals surface area contributed by atoms with Crippen molar-refractivity contribution < 1.29 is 27.5 Å². The van der Waals surface area contributed by atoms with Crippen LogP contribution in [0.25, 0.3) is 10.9 Å². The maximum absolute atomic E-state index is 13.6. The number of hydrogen-bond acceptors (Lipinski definition) is 10. The van der Waals surface area contributed by atoms with Crippen molar-refractivity contribution in [1.82, 2.24) is 20.4 Å². The van der Waals surface area contributed by atoms with Crippen LogP contribution in [0.5, 0.6) is 5.75 Å². The number of hydrogen-bond donors (Lipinski definition) is 3. The quantitative estimate of drug-likeness (QED) is 0.214. The molecular formula is C26H25N7O6S. The van der Waals surface area contributed by atoms with E-state index in [-0.39, 0.29) is 46.4 Å². The van der Waals surface area contributed by atoms with E-state index in [1.807, 2.05) is 0 Å². The van der Waals surface area contributed by atoms with Gasteiger partial charge in [0, 0.05) is 23.3 Å². The smallest absolute Gasteiger partial charge is 0.413 e. The average Bonchev–Trinajstić information content (AvgIpc) is 2.95. The largest absolute Gasteiger partial charge is 0.494 e. The van der Waals surface area contributed by atoms with Crippen molar-refractivity contribution in [2.75, 3.05) is 29.9 Å². The van der Waals surface area contributed by atoms with E-state index in [1.54, 1.807) is 42.5 Å². The van der Waals surface area contributed by atoms with Crippen LogP contribution in [0.15, 0.2) is 84.0 Å². The molecule has 1 fully saturated rings. The van der Waals surface area contributed by atoms with Crippen LogP contribution >= 0.6 is 0 Å². The van der Waals surface area contributed by atoms with Gasteiger partial charge in [-0.3, -0.25) is 20.9 Å². The number of aromatic nitrogens is 2. The highest BCUT2D eigenvalue weighted by molar-refractivity contribution is 7.93. The lowest BCUT2D eigenvalue weighted by molar-refractivity contribution is -0.00208. The highest BCUT2D eigenvalue weighted by Crippen LogP contribution is 2.34. The first-order chi connectivity index (χ1) is 19.3. The van der Waals surface area contributed by atoms with Gasteiger partial charge in [-0.1, -0.05) is 24.3 Å². The fourth-order valence-electron chi connectivity index (χ4n) is 4.21. The maximum atomic E-state index is 13.6. The molecule has 1 aliphatic heterocycles. The molecule has 2 aromatic carbocycles. The molecule has 0 bridgehead atoms. The van der Waals surface area contributed by atoms with E-state index in [9.17, 15) is 18.0 Å². The van der Waals surface area contributed by atoms with Crippen molar-refractivity contribution in [2.45, 2.75) is 11.0 Å². The number of fused-ring (bicyclic) bond motifs is 1. The van der Waals surface area contributed by atoms with Crippen LogP contribution in [0.3, 0.4) is 0 Å². The second-order valence-corrected chi connectivity index (χ2v) is 10.4. The minimum atomic E-state index is -4.25. The number of ether oxygens (including phenoxy) is 2. The average molecular weight is 564 g/mol. The van der Waals surface area contributed by atoms with Crippen LogP contribution < -0.4 is 25.8 Å². The molecule has 0 unspecified atom stereocenters. The zero-order valence-corrected chi connectivity index (χ0v) is 22.0. The highest BCUT2D eigenvalue weighted by Gasteiger charge is 2.35. The van der Waals surface area contributed by atoms with Gasteiger partial charge in [-0.15, -0.1) is 0 Å². The molecule has 0 spiro atoms. The number of pyridine rings is 2. The molecule has 4 aromatic rings. The minimum absolute atomic E-state index is 0.0606. The Morgan fingerprint density at radius 1 is 1.02 bits per heavy atom. The third-order valence-corrected chi connectivity index (χ3v) is 7.85. The van der Waals surface area contributed by atoms with Gasteiger partial charge < -0.3 is 14.4 Å². The van der Waals surface area contributed by atoms with Crippen LogP contribution in [-0.4, -0.2) is 61.6 Å². The molecule has 14 heteroatoms. The van der Waals surface area contributed by atoms with Gasteiger partial charge in [0.1, 0.15) is 28.3 Å². The number of amides is 2. The molecule has 5 rings (SSSR count). The van der Waals surface area contributed by atoms with Crippen molar-refractivity contribution in [1.29, 1.82) is 0 Å². The number of nitrogens with zero attached hydrogens (tertiary/aromatic N) is 4. The van der Waals surface area contributed by atoms with Crippen molar-refractivity contribution in [2.24, 2.45) is 5.84 Å². The summed E-state index contributed by atoms with van der Waals surface area (Å²) in [5, 5.41) is 3.16. The Balaban J connectivity index is 1.30. The van der Waals surface area contributed by atoms with Crippen molar-refractivity contribution >= 4 is 44.4 Å². The number of benzene rings is 2. The first-order valence-corrected chi connectivity index (χ1v) is 13.5.